The lowest BCUT2D eigenvalue weighted by molar-refractivity contribution is -0.286. The molecule has 0 saturated carbocycles. The Labute approximate surface area is 238 Å². The number of carbonyl (C=O) groups is 1. The zero-order valence-corrected chi connectivity index (χ0v) is 22.5. The SMILES string of the molecule is COc1ccc2c(c1)OC(c1ccc(OC[C@@H](O)CO)nn1)C[C@H]2NC(=O)C1(C)COc2cc3c(cc21)OC(F)(F)O3. The molecule has 0 aliphatic carbocycles. The van der Waals surface area contributed by atoms with Gasteiger partial charge in [-0.25, -0.2) is 0 Å². The fourth-order valence-electron chi connectivity index (χ4n) is 5.04. The number of aromatic nitrogens is 2. The second kappa shape index (κ2) is 10.4. The lowest BCUT2D eigenvalue weighted by Gasteiger charge is -2.34. The molecular weight excluding hydrogens is 560 g/mol. The topological polar surface area (TPSA) is 151 Å². The average molecular weight is 588 g/mol. The number of rotatable bonds is 8. The summed E-state index contributed by atoms with van der Waals surface area (Å²) < 4.78 is 59.0. The molecule has 3 aliphatic rings. The number of amides is 1. The van der Waals surface area contributed by atoms with E-state index in [9.17, 15) is 18.7 Å². The highest BCUT2D eigenvalue weighted by Gasteiger charge is 2.49. The fourth-order valence-corrected chi connectivity index (χ4v) is 5.04. The van der Waals surface area contributed by atoms with Crippen LogP contribution in [0.15, 0.2) is 42.5 Å². The number of alkyl halides is 2. The Hall–Kier alpha value is -4.43. The molecule has 222 valence electrons. The van der Waals surface area contributed by atoms with Gasteiger partial charge in [0.1, 0.15) is 53.8 Å². The number of carbonyl (C=O) groups excluding carboxylic acids is 1. The number of benzene rings is 2. The Morgan fingerprint density at radius 3 is 2.62 bits per heavy atom. The zero-order chi connectivity index (χ0) is 29.6. The van der Waals surface area contributed by atoms with E-state index in [4.69, 9.17) is 24.1 Å². The predicted molar refractivity (Wildman–Crippen MR) is 138 cm³/mol. The quantitative estimate of drug-likeness (QED) is 0.357. The highest BCUT2D eigenvalue weighted by atomic mass is 19.3. The highest BCUT2D eigenvalue weighted by Crippen LogP contribution is 2.50. The van der Waals surface area contributed by atoms with E-state index in [1.165, 1.54) is 19.2 Å². The normalized spacial score (nSPS) is 23.6. The van der Waals surface area contributed by atoms with Gasteiger partial charge in [0.15, 0.2) is 11.5 Å². The number of aliphatic hydroxyl groups is 2. The Morgan fingerprint density at radius 1 is 1.12 bits per heavy atom. The summed E-state index contributed by atoms with van der Waals surface area (Å²) in [4.78, 5) is 13.8. The maximum absolute atomic E-state index is 13.8. The van der Waals surface area contributed by atoms with Crippen LogP contribution in [0.25, 0.3) is 0 Å². The molecule has 1 aromatic heterocycles. The van der Waals surface area contributed by atoms with Crippen LogP contribution in [0.2, 0.25) is 0 Å². The molecule has 0 saturated heterocycles. The van der Waals surface area contributed by atoms with Crippen LogP contribution in [-0.4, -0.2) is 65.6 Å². The largest absolute Gasteiger partial charge is 0.586 e. The maximum Gasteiger partial charge on any atom is 0.586 e. The molecule has 4 atom stereocenters. The number of hydrogen-bond acceptors (Lipinski definition) is 11. The molecule has 0 bridgehead atoms. The lowest BCUT2D eigenvalue weighted by Crippen LogP contribution is -2.46. The molecule has 0 fully saturated rings. The number of ether oxygens (including phenoxy) is 6. The molecule has 3 N–H and O–H groups in total. The van der Waals surface area contributed by atoms with E-state index < -0.39 is 42.5 Å². The van der Waals surface area contributed by atoms with Crippen molar-refractivity contribution in [1.29, 1.82) is 0 Å². The van der Waals surface area contributed by atoms with E-state index in [0.29, 0.717) is 34.7 Å². The van der Waals surface area contributed by atoms with Crippen molar-refractivity contribution >= 4 is 5.91 Å². The highest BCUT2D eigenvalue weighted by molar-refractivity contribution is 5.90. The van der Waals surface area contributed by atoms with Crippen LogP contribution >= 0.6 is 0 Å². The summed E-state index contributed by atoms with van der Waals surface area (Å²) in [6.07, 6.45) is -5.17. The van der Waals surface area contributed by atoms with Gasteiger partial charge in [0.2, 0.25) is 11.8 Å². The third-order valence-electron chi connectivity index (χ3n) is 7.36. The maximum atomic E-state index is 13.8. The number of aliphatic hydroxyl groups excluding tert-OH is 2. The van der Waals surface area contributed by atoms with E-state index in [0.717, 1.165) is 0 Å². The van der Waals surface area contributed by atoms with E-state index in [-0.39, 0.29) is 36.3 Å². The van der Waals surface area contributed by atoms with Crippen molar-refractivity contribution in [2.24, 2.45) is 0 Å². The number of fused-ring (bicyclic) bond motifs is 3. The summed E-state index contributed by atoms with van der Waals surface area (Å²) in [6, 6.07) is 10.6. The van der Waals surface area contributed by atoms with Crippen LogP contribution in [0.1, 0.15) is 42.3 Å². The van der Waals surface area contributed by atoms with Gasteiger partial charge in [-0.1, -0.05) is 0 Å². The van der Waals surface area contributed by atoms with Crippen molar-refractivity contribution in [3.8, 4) is 34.6 Å². The van der Waals surface area contributed by atoms with Gasteiger partial charge < -0.3 is 44.0 Å². The van der Waals surface area contributed by atoms with Crippen molar-refractivity contribution in [1.82, 2.24) is 15.5 Å². The number of nitrogens with one attached hydrogen (secondary N) is 1. The third kappa shape index (κ3) is 5.07. The minimum Gasteiger partial charge on any atom is -0.497 e. The van der Waals surface area contributed by atoms with Crippen molar-refractivity contribution in [3.63, 3.8) is 0 Å². The molecule has 1 amide bonds. The van der Waals surface area contributed by atoms with E-state index in [1.807, 2.05) is 0 Å². The molecule has 0 spiro atoms. The van der Waals surface area contributed by atoms with Gasteiger partial charge in [0, 0.05) is 35.7 Å². The molecule has 4 heterocycles. The minimum absolute atomic E-state index is 0.0204. The first-order valence-corrected chi connectivity index (χ1v) is 13.1. The summed E-state index contributed by atoms with van der Waals surface area (Å²) in [7, 11) is 1.53. The van der Waals surface area contributed by atoms with Crippen LogP contribution < -0.4 is 33.7 Å². The van der Waals surface area contributed by atoms with E-state index in [1.54, 1.807) is 37.3 Å². The first kappa shape index (κ1) is 27.7. The monoisotopic (exact) mass is 587 g/mol. The van der Waals surface area contributed by atoms with Gasteiger partial charge >= 0.3 is 6.29 Å². The predicted octanol–water partition coefficient (Wildman–Crippen LogP) is 2.57. The van der Waals surface area contributed by atoms with Crippen LogP contribution in [0.4, 0.5) is 8.78 Å². The fraction of sp³-hybridized carbons (Fsp3) is 0.393. The minimum atomic E-state index is -3.80. The molecule has 0 radical (unpaired) electrons. The lowest BCUT2D eigenvalue weighted by atomic mass is 9.82. The molecule has 14 heteroatoms. The van der Waals surface area contributed by atoms with Crippen molar-refractivity contribution < 1.29 is 52.2 Å². The summed E-state index contributed by atoms with van der Waals surface area (Å²) in [5.74, 6) is 0.700. The van der Waals surface area contributed by atoms with Gasteiger partial charge in [-0.2, -0.15) is 0 Å². The van der Waals surface area contributed by atoms with Crippen LogP contribution in [0, 0.1) is 0 Å². The summed E-state index contributed by atoms with van der Waals surface area (Å²) in [5.41, 5.74) is 0.349. The zero-order valence-electron chi connectivity index (χ0n) is 22.5. The standard InChI is InChI=1S/C28H27F2N3O9/c1-27(13-39-21-10-24-23(8-17(21)27)41-28(29,30)42-24)26(36)31-19-9-22(40-20-7-15(37-2)3-4-16(19)20)18-5-6-25(33-32-18)38-12-14(35)11-34/h3-8,10,14,19,22,34-35H,9,11-13H2,1-2H3,(H,31,36)/t14-,19+,22?,27?/m0/s1. The first-order chi connectivity index (χ1) is 20.1. The second-order valence-corrected chi connectivity index (χ2v) is 10.3. The van der Waals surface area contributed by atoms with Gasteiger partial charge in [0.25, 0.3) is 0 Å². The van der Waals surface area contributed by atoms with E-state index in [2.05, 4.69) is 25.0 Å². The van der Waals surface area contributed by atoms with Crippen molar-refractivity contribution in [3.05, 3.63) is 59.3 Å². The second-order valence-electron chi connectivity index (χ2n) is 10.3. The molecule has 3 aromatic rings. The Kier molecular flexibility index (Phi) is 6.89. The number of hydrogen-bond donors (Lipinski definition) is 3. The van der Waals surface area contributed by atoms with E-state index >= 15 is 0 Å². The first-order valence-electron chi connectivity index (χ1n) is 13.1. The van der Waals surface area contributed by atoms with Crippen LogP contribution in [0.5, 0.6) is 34.6 Å². The average Bonchev–Trinajstić information content (AvgIpc) is 3.48. The van der Waals surface area contributed by atoms with Gasteiger partial charge in [-0.3, -0.25) is 4.79 Å². The molecule has 2 aromatic carbocycles. The third-order valence-corrected chi connectivity index (χ3v) is 7.36. The van der Waals surface area contributed by atoms with Crippen molar-refractivity contribution in [2.75, 3.05) is 26.9 Å². The van der Waals surface area contributed by atoms with Gasteiger partial charge in [0.05, 0.1) is 19.8 Å². The molecule has 6 rings (SSSR count). The number of nitrogens with zero attached hydrogens (tertiary/aromatic N) is 2. The van der Waals surface area contributed by atoms with Crippen LogP contribution in [-0.2, 0) is 10.2 Å². The van der Waals surface area contributed by atoms with Gasteiger partial charge in [-0.05, 0) is 31.2 Å². The Bertz CT molecular complexity index is 1510. The molecule has 2 unspecified atom stereocenters. The Morgan fingerprint density at radius 2 is 1.90 bits per heavy atom. The molecular formula is C28H27F2N3O9. The number of halogens is 2. The smallest absolute Gasteiger partial charge is 0.497 e. The number of methoxy groups -OCH3 is 1. The Balaban J connectivity index is 1.25. The summed E-state index contributed by atoms with van der Waals surface area (Å²) in [6.45, 7) is 1.04. The van der Waals surface area contributed by atoms with Gasteiger partial charge in [-0.15, -0.1) is 19.0 Å². The molecule has 3 aliphatic heterocycles. The van der Waals surface area contributed by atoms with Crippen molar-refractivity contribution in [2.45, 2.75) is 43.3 Å². The summed E-state index contributed by atoms with van der Waals surface area (Å²) in [5, 5.41) is 29.8. The molecule has 12 nitrogen and oxygen atoms in total. The molecule has 42 heavy (non-hydrogen) atoms. The van der Waals surface area contributed by atoms with Crippen LogP contribution in [0.3, 0.4) is 0 Å². The summed E-state index contributed by atoms with van der Waals surface area (Å²) >= 11 is 0.